The summed E-state index contributed by atoms with van der Waals surface area (Å²) in [6.07, 6.45) is 7.40. The van der Waals surface area contributed by atoms with Crippen LogP contribution in [0.3, 0.4) is 0 Å². The van der Waals surface area contributed by atoms with Crippen molar-refractivity contribution in [1.29, 1.82) is 0 Å². The minimum Gasteiger partial charge on any atom is -0.489 e. The molecule has 218 valence electrons. The van der Waals surface area contributed by atoms with E-state index in [-0.39, 0.29) is 5.92 Å². The Hall–Kier alpha value is -5.36. The van der Waals surface area contributed by atoms with Gasteiger partial charge in [0.2, 0.25) is 0 Å². The van der Waals surface area contributed by atoms with Crippen LogP contribution in [0.5, 0.6) is 11.5 Å². The largest absolute Gasteiger partial charge is 0.489 e. The van der Waals surface area contributed by atoms with E-state index in [1.54, 1.807) is 0 Å². The molecule has 6 nitrogen and oxygen atoms in total. The molecule has 4 heterocycles. The highest BCUT2D eigenvalue weighted by atomic mass is 16.5. The highest BCUT2D eigenvalue weighted by Gasteiger charge is 2.10. The average molecular weight is 579 g/mol. The number of rotatable bonds is 10. The van der Waals surface area contributed by atoms with Crippen molar-refractivity contribution in [2.24, 2.45) is 0 Å². The van der Waals surface area contributed by atoms with Gasteiger partial charge in [-0.25, -0.2) is 0 Å². The summed E-state index contributed by atoms with van der Waals surface area (Å²) < 4.78 is 12.1. The van der Waals surface area contributed by atoms with Crippen LogP contribution in [-0.4, -0.2) is 19.9 Å². The second-order valence-electron chi connectivity index (χ2n) is 11.0. The molecule has 0 fully saturated rings. The third-order valence-electron chi connectivity index (χ3n) is 7.57. The highest BCUT2D eigenvalue weighted by Crippen LogP contribution is 2.28. The molecule has 44 heavy (non-hydrogen) atoms. The van der Waals surface area contributed by atoms with Crippen molar-refractivity contribution >= 4 is 0 Å². The zero-order valence-corrected chi connectivity index (χ0v) is 25.1. The van der Waals surface area contributed by atoms with Crippen molar-refractivity contribution in [1.82, 2.24) is 19.9 Å². The monoisotopic (exact) mass is 578 g/mol. The second-order valence-corrected chi connectivity index (χ2v) is 11.0. The van der Waals surface area contributed by atoms with E-state index in [0.29, 0.717) is 13.2 Å². The minimum absolute atomic E-state index is 0.234. The zero-order chi connectivity index (χ0) is 30.3. The van der Waals surface area contributed by atoms with Gasteiger partial charge in [0.05, 0.1) is 22.8 Å². The fraction of sp³-hybridized carbons (Fsp3) is 0.158. The maximum absolute atomic E-state index is 6.03. The predicted octanol–water partition coefficient (Wildman–Crippen LogP) is 8.53. The van der Waals surface area contributed by atoms with E-state index in [2.05, 4.69) is 51.1 Å². The number of pyridine rings is 4. The second kappa shape index (κ2) is 13.3. The van der Waals surface area contributed by atoms with Gasteiger partial charge >= 0.3 is 0 Å². The smallest absolute Gasteiger partial charge is 0.119 e. The number of ether oxygens (including phenoxy) is 2. The molecule has 2 aromatic carbocycles. The van der Waals surface area contributed by atoms with Gasteiger partial charge < -0.3 is 9.47 Å². The molecule has 6 rings (SSSR count). The van der Waals surface area contributed by atoms with Gasteiger partial charge in [0.25, 0.3) is 0 Å². The number of hydrogen-bond acceptors (Lipinski definition) is 6. The van der Waals surface area contributed by atoms with E-state index in [1.165, 1.54) is 11.1 Å². The summed E-state index contributed by atoms with van der Waals surface area (Å²) in [6, 6.07) is 32.7. The van der Waals surface area contributed by atoms with Crippen molar-refractivity contribution in [3.05, 3.63) is 155 Å². The molecule has 0 atom stereocenters. The molecule has 6 heteroatoms. The molecular formula is C38H34N4O2. The molecular weight excluding hydrogens is 544 g/mol. The minimum atomic E-state index is 0.234. The molecule has 6 aromatic rings. The third-order valence-corrected chi connectivity index (χ3v) is 7.57. The van der Waals surface area contributed by atoms with Crippen LogP contribution in [0.4, 0.5) is 0 Å². The molecule has 0 saturated carbocycles. The van der Waals surface area contributed by atoms with Gasteiger partial charge in [-0.3, -0.25) is 19.9 Å². The van der Waals surface area contributed by atoms with Crippen molar-refractivity contribution in [2.45, 2.75) is 39.9 Å². The molecule has 0 aliphatic carbocycles. The van der Waals surface area contributed by atoms with E-state index in [1.807, 2.05) is 111 Å². The summed E-state index contributed by atoms with van der Waals surface area (Å²) in [7, 11) is 0. The van der Waals surface area contributed by atoms with E-state index in [9.17, 15) is 0 Å². The number of aryl methyl sites for hydroxylation is 2. The van der Waals surface area contributed by atoms with E-state index in [0.717, 1.165) is 56.5 Å². The predicted molar refractivity (Wildman–Crippen MR) is 173 cm³/mol. The van der Waals surface area contributed by atoms with Gasteiger partial charge in [-0.1, -0.05) is 55.5 Å². The van der Waals surface area contributed by atoms with Crippen LogP contribution in [0.2, 0.25) is 0 Å². The molecule has 0 aliphatic heterocycles. The first-order chi connectivity index (χ1) is 21.5. The fourth-order valence-electron chi connectivity index (χ4n) is 4.79. The number of nitrogens with zero attached hydrogens (tertiary/aromatic N) is 4. The molecule has 0 unspecified atom stereocenters. The Labute approximate surface area is 258 Å². The topological polar surface area (TPSA) is 70.0 Å². The molecule has 0 bridgehead atoms. The summed E-state index contributed by atoms with van der Waals surface area (Å²) in [5, 5.41) is 0. The van der Waals surface area contributed by atoms with Gasteiger partial charge in [0.1, 0.15) is 24.7 Å². The Bertz CT molecular complexity index is 1650. The molecule has 0 radical (unpaired) electrons. The van der Waals surface area contributed by atoms with Crippen molar-refractivity contribution in [3.8, 4) is 34.3 Å². The Morgan fingerprint density at radius 1 is 0.455 bits per heavy atom. The fourth-order valence-corrected chi connectivity index (χ4v) is 4.79. The van der Waals surface area contributed by atoms with Gasteiger partial charge in [0.15, 0.2) is 0 Å². The van der Waals surface area contributed by atoms with Gasteiger partial charge in [0, 0.05) is 41.8 Å². The third kappa shape index (κ3) is 7.16. The summed E-state index contributed by atoms with van der Waals surface area (Å²) >= 11 is 0. The van der Waals surface area contributed by atoms with Crippen LogP contribution in [0.15, 0.2) is 122 Å². The quantitative estimate of drug-likeness (QED) is 0.162. The molecule has 4 aromatic heterocycles. The standard InChI is InChI=1S/C38H34N4O2/c1-26-4-16-35(39-20-26)37-18-6-29(22-41-37)24-43-33-12-8-31(9-13-33)28(3)32-10-14-34(15-11-32)44-25-30-7-19-38(42-23-30)36-17-5-27(2)21-40-36/h4-23,28H,24-25H2,1-3H3. The summed E-state index contributed by atoms with van der Waals surface area (Å²) in [6.45, 7) is 7.16. The highest BCUT2D eigenvalue weighted by molar-refractivity contribution is 5.55. The molecule has 0 amide bonds. The van der Waals surface area contributed by atoms with Crippen molar-refractivity contribution in [3.63, 3.8) is 0 Å². The number of benzene rings is 2. The van der Waals surface area contributed by atoms with Crippen LogP contribution in [-0.2, 0) is 13.2 Å². The first-order valence-electron chi connectivity index (χ1n) is 14.7. The van der Waals surface area contributed by atoms with Crippen LogP contribution in [0.25, 0.3) is 22.8 Å². The first kappa shape index (κ1) is 28.7. The van der Waals surface area contributed by atoms with Gasteiger partial charge in [-0.15, -0.1) is 0 Å². The maximum Gasteiger partial charge on any atom is 0.119 e. The van der Waals surface area contributed by atoms with Gasteiger partial charge in [-0.2, -0.15) is 0 Å². The van der Waals surface area contributed by atoms with E-state index >= 15 is 0 Å². The zero-order valence-electron chi connectivity index (χ0n) is 25.1. The Morgan fingerprint density at radius 2 is 0.818 bits per heavy atom. The normalized spacial score (nSPS) is 11.0. The van der Waals surface area contributed by atoms with Crippen LogP contribution >= 0.6 is 0 Å². The van der Waals surface area contributed by atoms with Crippen LogP contribution in [0, 0.1) is 13.8 Å². The lowest BCUT2D eigenvalue weighted by atomic mass is 9.93. The summed E-state index contributed by atoms with van der Waals surface area (Å²) in [5.74, 6) is 1.88. The molecule has 0 aliphatic rings. The Balaban J connectivity index is 0.992. The molecule has 0 N–H and O–H groups in total. The van der Waals surface area contributed by atoms with E-state index < -0.39 is 0 Å². The van der Waals surface area contributed by atoms with Crippen molar-refractivity contribution in [2.75, 3.05) is 0 Å². The lowest BCUT2D eigenvalue weighted by Crippen LogP contribution is -2.00. The van der Waals surface area contributed by atoms with Crippen molar-refractivity contribution < 1.29 is 9.47 Å². The maximum atomic E-state index is 6.03. The number of aromatic nitrogens is 4. The molecule has 0 saturated heterocycles. The first-order valence-corrected chi connectivity index (χ1v) is 14.7. The average Bonchev–Trinajstić information content (AvgIpc) is 3.08. The van der Waals surface area contributed by atoms with Crippen LogP contribution in [0.1, 0.15) is 46.2 Å². The summed E-state index contributed by atoms with van der Waals surface area (Å²) in [4.78, 5) is 18.0. The SMILES string of the molecule is Cc1ccc(-c2ccc(COc3ccc(C(C)c4ccc(OCc5ccc(-c6ccc(C)cn6)nc5)cc4)cc3)cn2)nc1. The van der Waals surface area contributed by atoms with E-state index in [4.69, 9.17) is 9.47 Å². The van der Waals surface area contributed by atoms with Crippen LogP contribution < -0.4 is 9.47 Å². The summed E-state index contributed by atoms with van der Waals surface area (Å²) in [5.41, 5.74) is 10.2. The van der Waals surface area contributed by atoms with Gasteiger partial charge in [-0.05, 0) is 84.6 Å². The Kier molecular flexibility index (Phi) is 8.69. The lowest BCUT2D eigenvalue weighted by Gasteiger charge is -2.15. The molecule has 0 spiro atoms. The number of hydrogen-bond donors (Lipinski definition) is 0. The lowest BCUT2D eigenvalue weighted by molar-refractivity contribution is 0.305. The Morgan fingerprint density at radius 3 is 1.14 bits per heavy atom.